The van der Waals surface area contributed by atoms with E-state index in [1.807, 2.05) is 25.2 Å². The van der Waals surface area contributed by atoms with Crippen molar-refractivity contribution in [1.82, 2.24) is 4.90 Å². The molecule has 0 N–H and O–H groups in total. The van der Waals surface area contributed by atoms with Crippen LogP contribution in [0, 0.1) is 0 Å². The van der Waals surface area contributed by atoms with E-state index >= 15 is 0 Å². The number of carbonyl (C=O) groups excluding carboxylic acids is 2. The van der Waals surface area contributed by atoms with Gasteiger partial charge in [-0.05, 0) is 25.6 Å². The Morgan fingerprint density at radius 1 is 1.21 bits per heavy atom. The molecule has 0 aliphatic rings. The average molecular weight is 261 g/mol. The zero-order valence-corrected chi connectivity index (χ0v) is 11.3. The van der Waals surface area contributed by atoms with Gasteiger partial charge in [0.25, 0.3) is 0 Å². The van der Waals surface area contributed by atoms with Gasteiger partial charge >= 0.3 is 5.97 Å². The minimum atomic E-state index is -0.483. The maximum Gasteiger partial charge on any atom is 0.330 e. The lowest BCUT2D eigenvalue weighted by atomic mass is 10.2. The molecular weight excluding hydrogens is 242 g/mol. The lowest BCUT2D eigenvalue weighted by molar-refractivity contribution is -0.138. The third-order valence-corrected chi connectivity index (χ3v) is 2.47. The first-order valence-corrected chi connectivity index (χ1v) is 6.16. The number of rotatable bonds is 7. The Labute approximate surface area is 113 Å². The average Bonchev–Trinajstić information content (AvgIpc) is 2.37. The predicted octanol–water partition coefficient (Wildman–Crippen LogP) is 1.81. The molecule has 4 nitrogen and oxygen atoms in total. The monoisotopic (exact) mass is 261 g/mol. The second-order valence-corrected chi connectivity index (χ2v) is 4.33. The van der Waals surface area contributed by atoms with E-state index in [1.54, 1.807) is 0 Å². The molecule has 0 spiro atoms. The number of allylic oxidation sites excluding steroid dienone is 1. The lowest BCUT2D eigenvalue weighted by Crippen LogP contribution is -2.23. The Morgan fingerprint density at radius 2 is 1.89 bits per heavy atom. The highest BCUT2D eigenvalue weighted by atomic mass is 16.5. The summed E-state index contributed by atoms with van der Waals surface area (Å²) in [5, 5.41) is 0. The van der Waals surface area contributed by atoms with Crippen LogP contribution in [0.1, 0.15) is 12.5 Å². The van der Waals surface area contributed by atoms with Crippen LogP contribution < -0.4 is 0 Å². The summed E-state index contributed by atoms with van der Waals surface area (Å²) in [6, 6.07) is 10.1. The van der Waals surface area contributed by atoms with Crippen molar-refractivity contribution in [2.45, 2.75) is 13.5 Å². The quantitative estimate of drug-likeness (QED) is 0.555. The van der Waals surface area contributed by atoms with Gasteiger partial charge in [-0.25, -0.2) is 4.79 Å². The van der Waals surface area contributed by atoms with E-state index in [1.165, 1.54) is 18.6 Å². The van der Waals surface area contributed by atoms with Gasteiger partial charge in [0.2, 0.25) is 0 Å². The summed E-state index contributed by atoms with van der Waals surface area (Å²) >= 11 is 0. The van der Waals surface area contributed by atoms with Crippen LogP contribution in [0.3, 0.4) is 0 Å². The molecule has 0 unspecified atom stereocenters. The molecule has 0 amide bonds. The summed E-state index contributed by atoms with van der Waals surface area (Å²) in [5.41, 5.74) is 1.22. The first-order valence-electron chi connectivity index (χ1n) is 6.16. The molecule has 0 atom stereocenters. The number of carbonyl (C=O) groups is 2. The number of ketones is 1. The number of hydrogen-bond donors (Lipinski definition) is 0. The number of likely N-dealkylation sites (N-methyl/N-ethyl adjacent to an activating group) is 1. The zero-order valence-electron chi connectivity index (χ0n) is 11.3. The van der Waals surface area contributed by atoms with Crippen LogP contribution in [0.25, 0.3) is 0 Å². The molecule has 1 rings (SSSR count). The molecule has 0 saturated heterocycles. The van der Waals surface area contributed by atoms with E-state index in [2.05, 4.69) is 17.0 Å². The molecule has 0 radical (unpaired) electrons. The van der Waals surface area contributed by atoms with Crippen LogP contribution in [0.2, 0.25) is 0 Å². The third kappa shape index (κ3) is 7.16. The molecular formula is C15H19NO3. The Morgan fingerprint density at radius 3 is 2.53 bits per heavy atom. The van der Waals surface area contributed by atoms with Crippen LogP contribution in [0.4, 0.5) is 0 Å². The fourth-order valence-corrected chi connectivity index (χ4v) is 1.51. The summed E-state index contributed by atoms with van der Waals surface area (Å²) in [7, 11) is 1.96. The van der Waals surface area contributed by atoms with Crippen molar-refractivity contribution in [1.29, 1.82) is 0 Å². The van der Waals surface area contributed by atoms with E-state index in [0.29, 0.717) is 13.2 Å². The summed E-state index contributed by atoms with van der Waals surface area (Å²) in [4.78, 5) is 23.9. The predicted molar refractivity (Wildman–Crippen MR) is 73.6 cm³/mol. The standard InChI is InChI=1S/C15H19NO3/c1-13(17)8-9-15(18)19-11-10-16(2)12-14-6-4-3-5-7-14/h3-9H,10-12H2,1-2H3/b9-8+. The van der Waals surface area contributed by atoms with Gasteiger partial charge in [0, 0.05) is 19.2 Å². The number of benzene rings is 1. The normalized spacial score (nSPS) is 10.9. The number of ether oxygens (including phenoxy) is 1. The van der Waals surface area contributed by atoms with E-state index in [-0.39, 0.29) is 5.78 Å². The summed E-state index contributed by atoms with van der Waals surface area (Å²) < 4.78 is 4.98. The fourth-order valence-electron chi connectivity index (χ4n) is 1.51. The Bertz CT molecular complexity index is 440. The molecule has 0 aromatic heterocycles. The van der Waals surface area contributed by atoms with Crippen LogP contribution in [0.15, 0.2) is 42.5 Å². The van der Waals surface area contributed by atoms with E-state index in [0.717, 1.165) is 12.6 Å². The van der Waals surface area contributed by atoms with Gasteiger partial charge in [0.1, 0.15) is 6.61 Å². The van der Waals surface area contributed by atoms with Gasteiger partial charge < -0.3 is 4.74 Å². The zero-order chi connectivity index (χ0) is 14.1. The summed E-state index contributed by atoms with van der Waals surface area (Å²) in [6.45, 7) is 3.15. The van der Waals surface area contributed by atoms with Crippen molar-refractivity contribution in [3.63, 3.8) is 0 Å². The molecule has 19 heavy (non-hydrogen) atoms. The van der Waals surface area contributed by atoms with Crippen LogP contribution >= 0.6 is 0 Å². The molecule has 1 aromatic carbocycles. The highest BCUT2D eigenvalue weighted by Gasteiger charge is 2.02. The molecule has 0 fully saturated rings. The van der Waals surface area contributed by atoms with Crippen molar-refractivity contribution < 1.29 is 14.3 Å². The van der Waals surface area contributed by atoms with E-state index in [4.69, 9.17) is 4.74 Å². The molecule has 0 heterocycles. The van der Waals surface area contributed by atoms with Gasteiger partial charge in [-0.2, -0.15) is 0 Å². The number of nitrogens with zero attached hydrogens (tertiary/aromatic N) is 1. The smallest absolute Gasteiger partial charge is 0.330 e. The van der Waals surface area contributed by atoms with Crippen molar-refractivity contribution in [3.8, 4) is 0 Å². The largest absolute Gasteiger partial charge is 0.461 e. The molecule has 4 heteroatoms. The van der Waals surface area contributed by atoms with Gasteiger partial charge in [-0.15, -0.1) is 0 Å². The molecule has 1 aromatic rings. The Hall–Kier alpha value is -1.94. The van der Waals surface area contributed by atoms with Crippen molar-refractivity contribution in [3.05, 3.63) is 48.0 Å². The second-order valence-electron chi connectivity index (χ2n) is 4.33. The highest BCUT2D eigenvalue weighted by molar-refractivity contribution is 5.94. The Balaban J connectivity index is 2.22. The van der Waals surface area contributed by atoms with Crippen LogP contribution in [-0.4, -0.2) is 36.9 Å². The lowest BCUT2D eigenvalue weighted by Gasteiger charge is -2.16. The van der Waals surface area contributed by atoms with Gasteiger partial charge in [-0.1, -0.05) is 30.3 Å². The minimum Gasteiger partial charge on any atom is -0.461 e. The van der Waals surface area contributed by atoms with Crippen LogP contribution in [-0.2, 0) is 20.9 Å². The van der Waals surface area contributed by atoms with E-state index in [9.17, 15) is 9.59 Å². The molecule has 0 saturated carbocycles. The SMILES string of the molecule is CC(=O)/C=C/C(=O)OCCN(C)Cc1ccccc1. The third-order valence-electron chi connectivity index (χ3n) is 2.47. The molecule has 0 aliphatic carbocycles. The highest BCUT2D eigenvalue weighted by Crippen LogP contribution is 2.02. The van der Waals surface area contributed by atoms with Crippen molar-refractivity contribution >= 4 is 11.8 Å². The summed E-state index contributed by atoms with van der Waals surface area (Å²) in [6.07, 6.45) is 2.36. The van der Waals surface area contributed by atoms with Crippen molar-refractivity contribution in [2.24, 2.45) is 0 Å². The van der Waals surface area contributed by atoms with Crippen molar-refractivity contribution in [2.75, 3.05) is 20.2 Å². The molecule has 0 aliphatic heterocycles. The van der Waals surface area contributed by atoms with Crippen LogP contribution in [0.5, 0.6) is 0 Å². The maximum atomic E-state index is 11.2. The van der Waals surface area contributed by atoms with Gasteiger partial charge in [0.05, 0.1) is 0 Å². The maximum absolute atomic E-state index is 11.2. The van der Waals surface area contributed by atoms with Gasteiger partial charge in [-0.3, -0.25) is 9.69 Å². The number of esters is 1. The minimum absolute atomic E-state index is 0.168. The number of hydrogen-bond acceptors (Lipinski definition) is 4. The first kappa shape index (κ1) is 15.1. The topological polar surface area (TPSA) is 46.6 Å². The molecule has 0 bridgehead atoms. The van der Waals surface area contributed by atoms with E-state index < -0.39 is 5.97 Å². The fraction of sp³-hybridized carbons (Fsp3) is 0.333. The summed E-state index contributed by atoms with van der Waals surface area (Å²) in [5.74, 6) is -0.651. The first-order chi connectivity index (χ1) is 9.08. The molecule has 102 valence electrons. The second kappa shape index (κ2) is 8.21. The Kier molecular flexibility index (Phi) is 6.53. The van der Waals surface area contributed by atoms with Gasteiger partial charge in [0.15, 0.2) is 5.78 Å².